The molecule has 29 heavy (non-hydrogen) atoms. The zero-order valence-electron chi connectivity index (χ0n) is 14.2. The number of anilines is 1. The molecule has 0 unspecified atom stereocenters. The second kappa shape index (κ2) is 7.08. The van der Waals surface area contributed by atoms with Crippen LogP contribution < -0.4 is 9.64 Å². The van der Waals surface area contributed by atoms with Crippen LogP contribution in [-0.2, 0) is 12.4 Å². The lowest BCUT2D eigenvalue weighted by atomic mass is 10.1. The maximum absolute atomic E-state index is 13.4. The van der Waals surface area contributed by atoms with Gasteiger partial charge in [0.25, 0.3) is 0 Å². The molecule has 0 bridgehead atoms. The van der Waals surface area contributed by atoms with E-state index in [1.54, 1.807) is 0 Å². The Hall–Kier alpha value is -3.05. The van der Waals surface area contributed by atoms with E-state index in [2.05, 4.69) is 4.98 Å². The van der Waals surface area contributed by atoms with E-state index in [1.807, 2.05) is 0 Å². The molecule has 0 aliphatic carbocycles. The average molecular weight is 424 g/mol. The van der Waals surface area contributed by atoms with Gasteiger partial charge in [-0.3, -0.25) is 0 Å². The van der Waals surface area contributed by atoms with Crippen molar-refractivity contribution < 1.29 is 45.4 Å². The number of hydrogen-bond donors (Lipinski definition) is 1. The van der Waals surface area contributed by atoms with E-state index in [4.69, 9.17) is 9.84 Å². The van der Waals surface area contributed by atoms with Crippen molar-refractivity contribution in [3.05, 3.63) is 53.1 Å². The molecule has 1 aliphatic rings. The highest BCUT2D eigenvalue weighted by Gasteiger charge is 2.37. The van der Waals surface area contributed by atoms with Crippen molar-refractivity contribution >= 4 is 11.7 Å². The Kier molecular flexibility index (Phi) is 5.05. The number of pyridine rings is 1. The zero-order chi connectivity index (χ0) is 21.6. The fourth-order valence-electron chi connectivity index (χ4n) is 2.72. The minimum Gasteiger partial charge on any atom is -0.487 e. The molecule has 0 saturated carbocycles. The number of carboxylic acid groups (broad SMARTS) is 1. The van der Waals surface area contributed by atoms with Gasteiger partial charge in [-0.2, -0.15) is 26.3 Å². The van der Waals surface area contributed by atoms with Crippen molar-refractivity contribution in [3.63, 3.8) is 0 Å². The van der Waals surface area contributed by atoms with Crippen LogP contribution in [0, 0.1) is 5.82 Å². The first kappa shape index (κ1) is 20.7. The zero-order valence-corrected chi connectivity index (χ0v) is 14.2. The molecule has 3 rings (SSSR count). The third-order valence-electron chi connectivity index (χ3n) is 4.06. The topological polar surface area (TPSA) is 62.7 Å². The first-order valence-electron chi connectivity index (χ1n) is 7.95. The quantitative estimate of drug-likeness (QED) is 0.745. The van der Waals surface area contributed by atoms with Crippen LogP contribution in [0.2, 0.25) is 0 Å². The Bertz CT molecular complexity index is 938. The molecule has 1 aliphatic heterocycles. The molecule has 0 atom stereocenters. The summed E-state index contributed by atoms with van der Waals surface area (Å²) in [5.74, 6) is -3.19. The van der Waals surface area contributed by atoms with Gasteiger partial charge in [0.1, 0.15) is 23.4 Å². The van der Waals surface area contributed by atoms with Crippen LogP contribution in [0.5, 0.6) is 5.75 Å². The van der Waals surface area contributed by atoms with E-state index >= 15 is 0 Å². The highest BCUT2D eigenvalue weighted by Crippen LogP contribution is 2.35. The summed E-state index contributed by atoms with van der Waals surface area (Å²) in [5, 5.41) is 9.13. The molecular formula is C17H11F7N2O3. The van der Waals surface area contributed by atoms with Gasteiger partial charge in [0.2, 0.25) is 0 Å². The molecule has 2 heterocycles. The van der Waals surface area contributed by atoms with E-state index in [0.717, 1.165) is 12.1 Å². The highest BCUT2D eigenvalue weighted by atomic mass is 19.4. The Balaban J connectivity index is 1.74. The van der Waals surface area contributed by atoms with Crippen LogP contribution in [-0.4, -0.2) is 35.3 Å². The molecule has 1 saturated heterocycles. The number of carbonyl (C=O) groups is 1. The number of benzene rings is 1. The Morgan fingerprint density at radius 1 is 1.07 bits per heavy atom. The predicted octanol–water partition coefficient (Wildman–Crippen LogP) is 4.22. The van der Waals surface area contributed by atoms with Gasteiger partial charge in [0, 0.05) is 6.07 Å². The molecule has 2 aromatic rings. The van der Waals surface area contributed by atoms with Gasteiger partial charge in [0.05, 0.1) is 24.3 Å². The van der Waals surface area contributed by atoms with Crippen molar-refractivity contribution in [3.8, 4) is 5.75 Å². The number of ether oxygens (including phenoxy) is 1. The van der Waals surface area contributed by atoms with Gasteiger partial charge in [-0.15, -0.1) is 0 Å². The monoisotopic (exact) mass is 424 g/mol. The van der Waals surface area contributed by atoms with Crippen molar-refractivity contribution in [2.75, 3.05) is 18.0 Å². The fraction of sp³-hybridized carbons (Fsp3) is 0.294. The standard InChI is InChI=1S/C17H11F7N2O3/c18-9-3-8(16(19,20)21)4-10(5-9)29-11-6-26(7-11)12-1-2-13(17(22,23)24)25-14(12)15(27)28/h1-5,11H,6-7H2,(H,27,28). The van der Waals surface area contributed by atoms with Gasteiger partial charge in [-0.25, -0.2) is 14.2 Å². The molecule has 5 nitrogen and oxygen atoms in total. The van der Waals surface area contributed by atoms with E-state index in [9.17, 15) is 35.5 Å². The highest BCUT2D eigenvalue weighted by molar-refractivity contribution is 5.92. The Morgan fingerprint density at radius 2 is 1.72 bits per heavy atom. The van der Waals surface area contributed by atoms with Crippen molar-refractivity contribution in [2.45, 2.75) is 18.5 Å². The Morgan fingerprint density at radius 3 is 2.28 bits per heavy atom. The molecule has 156 valence electrons. The van der Waals surface area contributed by atoms with Crippen LogP contribution in [0.1, 0.15) is 21.7 Å². The van der Waals surface area contributed by atoms with Gasteiger partial charge < -0.3 is 14.7 Å². The molecular weight excluding hydrogens is 413 g/mol. The number of halogens is 7. The average Bonchev–Trinajstić information content (AvgIpc) is 2.55. The van der Waals surface area contributed by atoms with Crippen LogP contribution in [0.25, 0.3) is 0 Å². The molecule has 1 aromatic carbocycles. The van der Waals surface area contributed by atoms with E-state index in [0.29, 0.717) is 18.2 Å². The first-order valence-corrected chi connectivity index (χ1v) is 7.95. The lowest BCUT2D eigenvalue weighted by Crippen LogP contribution is -2.54. The van der Waals surface area contributed by atoms with Crippen LogP contribution in [0.3, 0.4) is 0 Å². The second-order valence-corrected chi connectivity index (χ2v) is 6.19. The summed E-state index contributed by atoms with van der Waals surface area (Å²) in [6, 6.07) is 3.26. The summed E-state index contributed by atoms with van der Waals surface area (Å²) in [6.45, 7) is -0.0730. The number of carboxylic acids is 1. The fourth-order valence-corrected chi connectivity index (χ4v) is 2.72. The SMILES string of the molecule is O=C(O)c1nc(C(F)(F)F)ccc1N1CC(Oc2cc(F)cc(C(F)(F)F)c2)C1. The minimum absolute atomic E-state index is 0.0365. The van der Waals surface area contributed by atoms with E-state index in [-0.39, 0.29) is 24.5 Å². The number of aromatic carboxylic acids is 1. The van der Waals surface area contributed by atoms with E-state index < -0.39 is 47.2 Å². The summed E-state index contributed by atoms with van der Waals surface area (Å²) < 4.78 is 95.0. The van der Waals surface area contributed by atoms with Crippen molar-refractivity contribution in [1.29, 1.82) is 0 Å². The summed E-state index contributed by atoms with van der Waals surface area (Å²) in [4.78, 5) is 15.7. The van der Waals surface area contributed by atoms with E-state index in [1.165, 1.54) is 4.90 Å². The van der Waals surface area contributed by atoms with Gasteiger partial charge in [-0.05, 0) is 24.3 Å². The molecule has 1 aromatic heterocycles. The largest absolute Gasteiger partial charge is 0.487 e. The third-order valence-corrected chi connectivity index (χ3v) is 4.06. The smallest absolute Gasteiger partial charge is 0.433 e. The molecule has 1 fully saturated rings. The minimum atomic E-state index is -4.82. The lowest BCUT2D eigenvalue weighted by Gasteiger charge is -2.41. The summed E-state index contributed by atoms with van der Waals surface area (Å²) in [6.07, 6.45) is -10.3. The van der Waals surface area contributed by atoms with Gasteiger partial charge in [-0.1, -0.05) is 0 Å². The van der Waals surface area contributed by atoms with Gasteiger partial charge >= 0.3 is 18.3 Å². The Labute approximate surface area is 158 Å². The molecule has 0 amide bonds. The maximum atomic E-state index is 13.4. The maximum Gasteiger partial charge on any atom is 0.433 e. The number of nitrogens with zero attached hydrogens (tertiary/aromatic N) is 2. The summed E-state index contributed by atoms with van der Waals surface area (Å²) >= 11 is 0. The van der Waals surface area contributed by atoms with Crippen molar-refractivity contribution in [2.24, 2.45) is 0 Å². The summed E-state index contributed by atoms with van der Waals surface area (Å²) in [7, 11) is 0. The second-order valence-electron chi connectivity index (χ2n) is 6.19. The number of aromatic nitrogens is 1. The van der Waals surface area contributed by atoms with Crippen molar-refractivity contribution in [1.82, 2.24) is 4.98 Å². The number of alkyl halides is 6. The first-order chi connectivity index (χ1) is 13.3. The molecule has 0 spiro atoms. The van der Waals surface area contributed by atoms with Crippen LogP contribution in [0.15, 0.2) is 30.3 Å². The normalized spacial score (nSPS) is 15.2. The van der Waals surface area contributed by atoms with Crippen LogP contribution in [0.4, 0.5) is 36.4 Å². The predicted molar refractivity (Wildman–Crippen MR) is 84.2 cm³/mol. The molecule has 1 N–H and O–H groups in total. The molecule has 12 heteroatoms. The number of rotatable bonds is 4. The third kappa shape index (κ3) is 4.51. The summed E-state index contributed by atoms with van der Waals surface area (Å²) in [5.41, 5.74) is -3.51. The number of hydrogen-bond acceptors (Lipinski definition) is 4. The lowest BCUT2D eigenvalue weighted by molar-refractivity contribution is -0.141. The van der Waals surface area contributed by atoms with Crippen LogP contribution >= 0.6 is 0 Å². The van der Waals surface area contributed by atoms with Gasteiger partial charge in [0.15, 0.2) is 5.69 Å². The molecule has 0 radical (unpaired) electrons.